The van der Waals surface area contributed by atoms with Crippen LogP contribution in [0.25, 0.3) is 0 Å². The van der Waals surface area contributed by atoms with Crippen LogP contribution in [-0.4, -0.2) is 57.0 Å². The molecule has 1 N–H and O–H groups in total. The Hall–Kier alpha value is -1.51. The maximum atomic E-state index is 12.4. The number of carbonyl (C=O) groups excluding carboxylic acids is 1. The van der Waals surface area contributed by atoms with Crippen LogP contribution >= 0.6 is 0 Å². The molecule has 0 radical (unpaired) electrons. The van der Waals surface area contributed by atoms with E-state index in [1.54, 1.807) is 18.3 Å². The minimum absolute atomic E-state index is 0.0498. The molecule has 1 fully saturated rings. The summed E-state index contributed by atoms with van der Waals surface area (Å²) < 4.78 is 31.1. The van der Waals surface area contributed by atoms with Crippen molar-refractivity contribution in [2.24, 2.45) is 5.92 Å². The highest BCUT2D eigenvalue weighted by atomic mass is 32.2. The Kier molecular flexibility index (Phi) is 5.87. The van der Waals surface area contributed by atoms with E-state index >= 15 is 0 Å². The van der Waals surface area contributed by atoms with Gasteiger partial charge in [0.25, 0.3) is 0 Å². The smallest absolute Gasteiger partial charge is 0.245 e. The molecule has 2 heterocycles. The molecular weight excluding hydrogens is 306 g/mol. The van der Waals surface area contributed by atoms with Crippen molar-refractivity contribution in [3.8, 4) is 0 Å². The third-order valence-corrected chi connectivity index (χ3v) is 5.59. The second kappa shape index (κ2) is 7.66. The van der Waals surface area contributed by atoms with Crippen LogP contribution in [0, 0.1) is 5.92 Å². The number of hydrogen-bond acceptors (Lipinski definition) is 5. The summed E-state index contributed by atoms with van der Waals surface area (Å²) in [6.45, 7) is 1.53. The number of amides is 1. The molecule has 7 nitrogen and oxygen atoms in total. The largest absolute Gasteiger partial charge is 0.375 e. The lowest BCUT2D eigenvalue weighted by Gasteiger charge is -2.31. The molecule has 0 spiro atoms. The van der Waals surface area contributed by atoms with E-state index in [-0.39, 0.29) is 17.4 Å². The van der Waals surface area contributed by atoms with Crippen LogP contribution in [0.4, 0.5) is 0 Å². The first-order valence-corrected chi connectivity index (χ1v) is 8.64. The van der Waals surface area contributed by atoms with Crippen molar-refractivity contribution in [3.63, 3.8) is 0 Å². The lowest BCUT2D eigenvalue weighted by atomic mass is 9.98. The number of nitrogens with one attached hydrogen (secondary N) is 1. The van der Waals surface area contributed by atoms with Crippen LogP contribution < -0.4 is 5.32 Å². The average Bonchev–Trinajstić information content (AvgIpc) is 2.54. The summed E-state index contributed by atoms with van der Waals surface area (Å²) in [5, 5.41) is 2.80. The first-order chi connectivity index (χ1) is 10.5. The van der Waals surface area contributed by atoms with Crippen LogP contribution in [0.3, 0.4) is 0 Å². The monoisotopic (exact) mass is 327 g/mol. The number of ether oxygens (including phenoxy) is 1. The zero-order valence-electron chi connectivity index (χ0n) is 12.6. The topological polar surface area (TPSA) is 88.6 Å². The fraction of sp³-hybridized carbons (Fsp3) is 0.571. The standard InChI is InChI=1S/C14H21N3O4S/c1-21-11-14(18)16-9-12-4-7-17(8-5-12)22(19,20)13-3-2-6-15-10-13/h2-3,6,10,12H,4-5,7-9,11H2,1H3,(H,16,18). The van der Waals surface area contributed by atoms with Gasteiger partial charge >= 0.3 is 0 Å². The second-order valence-corrected chi connectivity index (χ2v) is 7.21. The molecule has 2 rings (SSSR count). The van der Waals surface area contributed by atoms with Crippen LogP contribution in [0.2, 0.25) is 0 Å². The third kappa shape index (κ3) is 4.25. The minimum Gasteiger partial charge on any atom is -0.375 e. The van der Waals surface area contributed by atoms with Gasteiger partial charge in [0.2, 0.25) is 15.9 Å². The normalized spacial score (nSPS) is 17.3. The van der Waals surface area contributed by atoms with E-state index in [0.717, 1.165) is 12.8 Å². The number of piperidine rings is 1. The molecule has 0 atom stereocenters. The molecule has 22 heavy (non-hydrogen) atoms. The lowest BCUT2D eigenvalue weighted by Crippen LogP contribution is -2.42. The van der Waals surface area contributed by atoms with Crippen LogP contribution in [-0.2, 0) is 19.6 Å². The third-order valence-electron chi connectivity index (χ3n) is 3.71. The number of nitrogens with zero attached hydrogens (tertiary/aromatic N) is 2. The van der Waals surface area contributed by atoms with E-state index in [2.05, 4.69) is 10.3 Å². The van der Waals surface area contributed by atoms with Gasteiger partial charge < -0.3 is 10.1 Å². The number of rotatable bonds is 6. The predicted molar refractivity (Wildman–Crippen MR) is 80.6 cm³/mol. The molecule has 0 saturated carbocycles. The van der Waals surface area contributed by atoms with Crippen molar-refractivity contribution >= 4 is 15.9 Å². The molecule has 8 heteroatoms. The van der Waals surface area contributed by atoms with Gasteiger partial charge in [0.1, 0.15) is 11.5 Å². The Morgan fingerprint density at radius 1 is 1.45 bits per heavy atom. The zero-order chi connectivity index (χ0) is 16.0. The Bertz CT molecular complexity index is 583. The summed E-state index contributed by atoms with van der Waals surface area (Å²) in [5.74, 6) is 0.147. The van der Waals surface area contributed by atoms with Gasteiger partial charge in [0, 0.05) is 39.1 Å². The highest BCUT2D eigenvalue weighted by molar-refractivity contribution is 7.89. The predicted octanol–water partition coefficient (Wildman–Crippen LogP) is 0.245. The first-order valence-electron chi connectivity index (χ1n) is 7.20. The SMILES string of the molecule is COCC(=O)NCC1CCN(S(=O)(=O)c2cccnc2)CC1. The molecule has 0 aromatic carbocycles. The van der Waals surface area contributed by atoms with Gasteiger partial charge in [-0.25, -0.2) is 8.42 Å². The summed E-state index contributed by atoms with van der Waals surface area (Å²) in [7, 11) is -1.99. The Morgan fingerprint density at radius 3 is 2.77 bits per heavy atom. The number of pyridine rings is 1. The van der Waals surface area contributed by atoms with Gasteiger partial charge in [-0.05, 0) is 30.9 Å². The molecule has 1 amide bonds. The summed E-state index contributed by atoms with van der Waals surface area (Å²) in [6, 6.07) is 3.17. The van der Waals surface area contributed by atoms with Crippen molar-refractivity contribution in [3.05, 3.63) is 24.5 Å². The maximum Gasteiger partial charge on any atom is 0.245 e. The van der Waals surface area contributed by atoms with Crippen LogP contribution in [0.15, 0.2) is 29.4 Å². The van der Waals surface area contributed by atoms with E-state index in [1.165, 1.54) is 17.6 Å². The van der Waals surface area contributed by atoms with E-state index in [1.807, 2.05) is 0 Å². The van der Waals surface area contributed by atoms with Crippen molar-refractivity contribution < 1.29 is 17.9 Å². The number of methoxy groups -OCH3 is 1. The average molecular weight is 327 g/mol. The summed E-state index contributed by atoms with van der Waals surface area (Å²) in [6.07, 6.45) is 4.37. The molecular formula is C14H21N3O4S. The first kappa shape index (κ1) is 16.9. The van der Waals surface area contributed by atoms with Gasteiger partial charge in [-0.3, -0.25) is 9.78 Å². The quantitative estimate of drug-likeness (QED) is 0.809. The number of carbonyl (C=O) groups is 1. The highest BCUT2D eigenvalue weighted by Gasteiger charge is 2.29. The summed E-state index contributed by atoms with van der Waals surface area (Å²) >= 11 is 0. The zero-order valence-corrected chi connectivity index (χ0v) is 13.4. The highest BCUT2D eigenvalue weighted by Crippen LogP contribution is 2.22. The Labute approximate surface area is 130 Å². The molecule has 1 aromatic rings. The maximum absolute atomic E-state index is 12.4. The van der Waals surface area contributed by atoms with Gasteiger partial charge in [-0.15, -0.1) is 0 Å². The van der Waals surface area contributed by atoms with E-state index in [9.17, 15) is 13.2 Å². The minimum atomic E-state index is -3.46. The second-order valence-electron chi connectivity index (χ2n) is 5.27. The van der Waals surface area contributed by atoms with Crippen molar-refractivity contribution in [1.29, 1.82) is 0 Å². The Morgan fingerprint density at radius 2 is 2.18 bits per heavy atom. The van der Waals surface area contributed by atoms with Crippen molar-refractivity contribution in [2.75, 3.05) is 33.4 Å². The fourth-order valence-corrected chi connectivity index (χ4v) is 3.88. The van der Waals surface area contributed by atoms with Gasteiger partial charge in [0.15, 0.2) is 0 Å². The van der Waals surface area contributed by atoms with E-state index in [0.29, 0.717) is 25.6 Å². The molecule has 0 unspecified atom stereocenters. The van der Waals surface area contributed by atoms with Crippen molar-refractivity contribution in [1.82, 2.24) is 14.6 Å². The number of hydrogen-bond donors (Lipinski definition) is 1. The molecule has 122 valence electrons. The van der Waals surface area contributed by atoms with E-state index in [4.69, 9.17) is 4.74 Å². The molecule has 1 aliphatic rings. The number of aromatic nitrogens is 1. The number of sulfonamides is 1. The Balaban J connectivity index is 1.86. The summed E-state index contributed by atoms with van der Waals surface area (Å²) in [5.41, 5.74) is 0. The van der Waals surface area contributed by atoms with Crippen LogP contribution in [0.5, 0.6) is 0 Å². The molecule has 1 aliphatic heterocycles. The lowest BCUT2D eigenvalue weighted by molar-refractivity contribution is -0.124. The van der Waals surface area contributed by atoms with Gasteiger partial charge in [0.05, 0.1) is 0 Å². The van der Waals surface area contributed by atoms with Crippen LogP contribution in [0.1, 0.15) is 12.8 Å². The van der Waals surface area contributed by atoms with E-state index < -0.39 is 10.0 Å². The molecule has 1 aromatic heterocycles. The fourth-order valence-electron chi connectivity index (χ4n) is 2.44. The van der Waals surface area contributed by atoms with Gasteiger partial charge in [-0.2, -0.15) is 4.31 Å². The van der Waals surface area contributed by atoms with Gasteiger partial charge in [-0.1, -0.05) is 0 Å². The molecule has 1 saturated heterocycles. The van der Waals surface area contributed by atoms with Crippen molar-refractivity contribution in [2.45, 2.75) is 17.7 Å². The molecule has 0 bridgehead atoms. The summed E-state index contributed by atoms with van der Waals surface area (Å²) in [4.78, 5) is 15.4. The molecule has 0 aliphatic carbocycles.